The van der Waals surface area contributed by atoms with Crippen molar-refractivity contribution < 1.29 is 14.5 Å². The molecule has 9 heteroatoms. The molecule has 120 valence electrons. The van der Waals surface area contributed by atoms with Crippen molar-refractivity contribution in [2.24, 2.45) is 0 Å². The summed E-state index contributed by atoms with van der Waals surface area (Å²) in [7, 11) is 0. The Kier molecular flexibility index (Phi) is 4.17. The van der Waals surface area contributed by atoms with E-state index in [0.29, 0.717) is 5.56 Å². The van der Waals surface area contributed by atoms with Crippen LogP contribution in [0.15, 0.2) is 48.0 Å². The van der Waals surface area contributed by atoms with Gasteiger partial charge in [0.05, 0.1) is 20.7 Å². The molecule has 0 saturated heterocycles. The Morgan fingerprint density at radius 1 is 1.00 bits per heavy atom. The fourth-order valence-corrected chi connectivity index (χ4v) is 2.71. The number of aromatic nitrogens is 1. The van der Waals surface area contributed by atoms with Crippen LogP contribution >= 0.6 is 11.3 Å². The van der Waals surface area contributed by atoms with Crippen molar-refractivity contribution in [3.63, 3.8) is 0 Å². The summed E-state index contributed by atoms with van der Waals surface area (Å²) >= 11 is 1.41. The molecule has 3 aromatic rings. The average molecular weight is 342 g/mol. The van der Waals surface area contributed by atoms with Crippen molar-refractivity contribution in [2.45, 2.75) is 0 Å². The number of nitrogens with one attached hydrogen (secondary N) is 2. The summed E-state index contributed by atoms with van der Waals surface area (Å²) in [5.74, 6) is -1.04. The molecule has 24 heavy (non-hydrogen) atoms. The first-order valence-electron chi connectivity index (χ1n) is 6.73. The molecule has 0 fully saturated rings. The minimum Gasteiger partial charge on any atom is -0.267 e. The number of carbonyl (C=O) groups is 2. The monoisotopic (exact) mass is 342 g/mol. The van der Waals surface area contributed by atoms with Gasteiger partial charge in [-0.25, -0.2) is 4.98 Å². The van der Waals surface area contributed by atoms with E-state index in [-0.39, 0.29) is 11.3 Å². The molecule has 2 N–H and O–H groups in total. The van der Waals surface area contributed by atoms with Crippen molar-refractivity contribution in [3.05, 3.63) is 69.2 Å². The number of nitro benzene ring substituents is 1. The van der Waals surface area contributed by atoms with Gasteiger partial charge in [0.2, 0.25) is 0 Å². The standard InChI is InChI=1S/C15H10N4O4S/c20-14(9-1-4-11(5-2-9)19(22)23)17-18-15(21)10-3-6-12-13(7-10)24-8-16-12/h1-8H,(H,17,20)(H,18,21). The summed E-state index contributed by atoms with van der Waals surface area (Å²) in [4.78, 5) is 38.1. The maximum Gasteiger partial charge on any atom is 0.269 e. The van der Waals surface area contributed by atoms with E-state index in [0.717, 1.165) is 10.2 Å². The molecule has 3 rings (SSSR count). The maximum absolute atomic E-state index is 12.1. The van der Waals surface area contributed by atoms with E-state index in [2.05, 4.69) is 15.8 Å². The Labute approximate surface area is 139 Å². The van der Waals surface area contributed by atoms with Crippen molar-refractivity contribution in [2.75, 3.05) is 0 Å². The highest BCUT2D eigenvalue weighted by Crippen LogP contribution is 2.19. The van der Waals surface area contributed by atoms with Gasteiger partial charge in [-0.1, -0.05) is 0 Å². The second-order valence-corrected chi connectivity index (χ2v) is 5.63. The molecule has 0 radical (unpaired) electrons. The minimum absolute atomic E-state index is 0.117. The van der Waals surface area contributed by atoms with Gasteiger partial charge in [-0.15, -0.1) is 11.3 Å². The Bertz CT molecular complexity index is 936. The molecule has 0 bridgehead atoms. The molecule has 0 saturated carbocycles. The van der Waals surface area contributed by atoms with E-state index < -0.39 is 16.7 Å². The van der Waals surface area contributed by atoms with Crippen molar-refractivity contribution in [1.29, 1.82) is 0 Å². The summed E-state index contributed by atoms with van der Waals surface area (Å²) in [6.45, 7) is 0. The van der Waals surface area contributed by atoms with E-state index in [9.17, 15) is 19.7 Å². The van der Waals surface area contributed by atoms with Crippen LogP contribution in [-0.2, 0) is 0 Å². The van der Waals surface area contributed by atoms with Crippen LogP contribution in [0.4, 0.5) is 5.69 Å². The quantitative estimate of drug-likeness (QED) is 0.560. The number of nitro groups is 1. The zero-order valence-electron chi connectivity index (χ0n) is 12.1. The summed E-state index contributed by atoms with van der Waals surface area (Å²) < 4.78 is 0.865. The smallest absolute Gasteiger partial charge is 0.267 e. The lowest BCUT2D eigenvalue weighted by Gasteiger charge is -2.07. The van der Waals surface area contributed by atoms with Gasteiger partial charge in [0.1, 0.15) is 0 Å². The molecule has 2 aromatic carbocycles. The highest BCUT2D eigenvalue weighted by Gasteiger charge is 2.12. The van der Waals surface area contributed by atoms with Crippen LogP contribution in [0, 0.1) is 10.1 Å². The van der Waals surface area contributed by atoms with Gasteiger partial charge in [-0.3, -0.25) is 30.6 Å². The third-order valence-electron chi connectivity index (χ3n) is 3.22. The van der Waals surface area contributed by atoms with E-state index in [1.165, 1.54) is 35.6 Å². The number of non-ortho nitro benzene ring substituents is 1. The van der Waals surface area contributed by atoms with Crippen LogP contribution in [0.3, 0.4) is 0 Å². The van der Waals surface area contributed by atoms with Crippen molar-refractivity contribution >= 4 is 39.1 Å². The van der Waals surface area contributed by atoms with Gasteiger partial charge in [-0.2, -0.15) is 0 Å². The molecule has 1 heterocycles. The van der Waals surface area contributed by atoms with Crippen LogP contribution in [0.25, 0.3) is 10.2 Å². The Balaban J connectivity index is 1.64. The van der Waals surface area contributed by atoms with Gasteiger partial charge in [0.15, 0.2) is 0 Å². The topological polar surface area (TPSA) is 114 Å². The fourth-order valence-electron chi connectivity index (χ4n) is 1.99. The predicted octanol–water partition coefficient (Wildman–Crippen LogP) is 2.28. The molecule has 0 aliphatic rings. The van der Waals surface area contributed by atoms with E-state index in [1.807, 2.05) is 0 Å². The summed E-state index contributed by atoms with van der Waals surface area (Å²) in [5, 5.41) is 10.6. The van der Waals surface area contributed by atoms with Crippen LogP contribution in [-0.4, -0.2) is 21.7 Å². The van der Waals surface area contributed by atoms with Gasteiger partial charge in [0, 0.05) is 23.3 Å². The second-order valence-electron chi connectivity index (χ2n) is 4.75. The van der Waals surface area contributed by atoms with Crippen LogP contribution in [0.2, 0.25) is 0 Å². The number of hydrogen-bond donors (Lipinski definition) is 2. The number of benzene rings is 2. The number of carbonyl (C=O) groups excluding carboxylic acids is 2. The predicted molar refractivity (Wildman–Crippen MR) is 87.6 cm³/mol. The van der Waals surface area contributed by atoms with Gasteiger partial charge >= 0.3 is 0 Å². The normalized spacial score (nSPS) is 10.3. The Hall–Kier alpha value is -3.33. The van der Waals surface area contributed by atoms with Crippen molar-refractivity contribution in [1.82, 2.24) is 15.8 Å². The maximum atomic E-state index is 12.1. The SMILES string of the molecule is O=C(NNC(=O)c1ccc2ncsc2c1)c1ccc([N+](=O)[O-])cc1. The zero-order valence-corrected chi connectivity index (χ0v) is 12.9. The Morgan fingerprint density at radius 2 is 1.62 bits per heavy atom. The summed E-state index contributed by atoms with van der Waals surface area (Å²) in [5.41, 5.74) is 7.51. The minimum atomic E-state index is -0.572. The van der Waals surface area contributed by atoms with Crippen molar-refractivity contribution in [3.8, 4) is 0 Å². The van der Waals surface area contributed by atoms with Gasteiger partial charge in [0.25, 0.3) is 17.5 Å². The molecule has 0 unspecified atom stereocenters. The second kappa shape index (κ2) is 6.42. The molecule has 2 amide bonds. The van der Waals surface area contributed by atoms with E-state index in [1.54, 1.807) is 23.7 Å². The lowest BCUT2D eigenvalue weighted by molar-refractivity contribution is -0.384. The number of nitrogens with zero attached hydrogens (tertiary/aromatic N) is 2. The fraction of sp³-hybridized carbons (Fsp3) is 0. The number of amides is 2. The Morgan fingerprint density at radius 3 is 2.29 bits per heavy atom. The van der Waals surface area contributed by atoms with E-state index in [4.69, 9.17) is 0 Å². The summed E-state index contributed by atoms with van der Waals surface area (Å²) in [6, 6.07) is 10.1. The van der Waals surface area contributed by atoms with Gasteiger partial charge < -0.3 is 0 Å². The highest BCUT2D eigenvalue weighted by molar-refractivity contribution is 7.16. The molecule has 1 aromatic heterocycles. The molecule has 0 spiro atoms. The molecule has 0 aliphatic carbocycles. The van der Waals surface area contributed by atoms with Crippen LogP contribution in [0.5, 0.6) is 0 Å². The van der Waals surface area contributed by atoms with Gasteiger partial charge in [-0.05, 0) is 30.3 Å². The molecular weight excluding hydrogens is 332 g/mol. The summed E-state index contributed by atoms with van der Waals surface area (Å²) in [6.07, 6.45) is 0. The molecule has 0 aliphatic heterocycles. The molecule has 0 atom stereocenters. The highest BCUT2D eigenvalue weighted by atomic mass is 32.1. The third kappa shape index (κ3) is 3.20. The largest absolute Gasteiger partial charge is 0.269 e. The zero-order chi connectivity index (χ0) is 17.1. The average Bonchev–Trinajstić information content (AvgIpc) is 3.07. The lowest BCUT2D eigenvalue weighted by atomic mass is 10.2. The first-order chi connectivity index (χ1) is 11.5. The number of fused-ring (bicyclic) bond motifs is 1. The number of hydrazine groups is 1. The number of hydrogen-bond acceptors (Lipinski definition) is 6. The molecule has 8 nitrogen and oxygen atoms in total. The van der Waals surface area contributed by atoms with Crippen LogP contribution in [0.1, 0.15) is 20.7 Å². The van der Waals surface area contributed by atoms with E-state index >= 15 is 0 Å². The van der Waals surface area contributed by atoms with Crippen LogP contribution < -0.4 is 10.9 Å². The molecular formula is C15H10N4O4S. The third-order valence-corrected chi connectivity index (χ3v) is 4.02. The number of thiazole rings is 1. The number of rotatable bonds is 3. The lowest BCUT2D eigenvalue weighted by Crippen LogP contribution is -2.41. The first-order valence-corrected chi connectivity index (χ1v) is 7.61. The first kappa shape index (κ1) is 15.6.